The minimum Gasteiger partial charge on any atom is -0.481 e. The van der Waals surface area contributed by atoms with Crippen LogP contribution in [0, 0.1) is 5.82 Å². The van der Waals surface area contributed by atoms with Gasteiger partial charge < -0.3 is 15.0 Å². The maximum absolute atomic E-state index is 13.3. The minimum absolute atomic E-state index is 0.0854. The Labute approximate surface area is 112 Å². The maximum atomic E-state index is 13.3. The first-order chi connectivity index (χ1) is 9.20. The summed E-state index contributed by atoms with van der Waals surface area (Å²) in [6, 6.07) is 6.60. The highest BCUT2D eigenvalue weighted by Gasteiger charge is 2.22. The molecular weight excluding hydrogens is 247 g/mol. The van der Waals surface area contributed by atoms with Crippen LogP contribution in [-0.2, 0) is 4.79 Å². The van der Waals surface area contributed by atoms with Crippen LogP contribution in [0.5, 0.6) is 5.75 Å². The first-order valence-electron chi connectivity index (χ1n) is 6.53. The van der Waals surface area contributed by atoms with Crippen molar-refractivity contribution in [3.8, 4) is 5.75 Å². The lowest BCUT2D eigenvalue weighted by Gasteiger charge is -2.31. The third-order valence-corrected chi connectivity index (χ3v) is 3.44. The molecule has 0 saturated carbocycles. The fourth-order valence-electron chi connectivity index (χ4n) is 2.21. The van der Waals surface area contributed by atoms with Crippen molar-refractivity contribution in [3.05, 3.63) is 30.1 Å². The molecule has 0 aromatic heterocycles. The van der Waals surface area contributed by atoms with E-state index in [0.29, 0.717) is 6.04 Å². The van der Waals surface area contributed by atoms with Crippen LogP contribution in [0.25, 0.3) is 0 Å². The van der Waals surface area contributed by atoms with Crippen molar-refractivity contribution in [2.75, 3.05) is 26.7 Å². The van der Waals surface area contributed by atoms with Gasteiger partial charge in [-0.3, -0.25) is 4.79 Å². The van der Waals surface area contributed by atoms with E-state index >= 15 is 0 Å². The molecule has 5 heteroatoms. The van der Waals surface area contributed by atoms with Crippen LogP contribution in [0.4, 0.5) is 4.39 Å². The van der Waals surface area contributed by atoms with Gasteiger partial charge in [-0.1, -0.05) is 12.1 Å². The number of amides is 1. The molecular formula is C14H19FN2O2. The van der Waals surface area contributed by atoms with Gasteiger partial charge in [0.1, 0.15) is 0 Å². The van der Waals surface area contributed by atoms with E-state index in [-0.39, 0.29) is 18.3 Å². The highest BCUT2D eigenvalue weighted by molar-refractivity contribution is 5.77. The van der Waals surface area contributed by atoms with Crippen molar-refractivity contribution in [2.45, 2.75) is 18.9 Å². The quantitative estimate of drug-likeness (QED) is 0.896. The predicted molar refractivity (Wildman–Crippen MR) is 70.6 cm³/mol. The predicted octanol–water partition coefficient (Wildman–Crippen LogP) is 1.41. The Morgan fingerprint density at radius 3 is 2.74 bits per heavy atom. The molecule has 104 valence electrons. The molecule has 0 aliphatic carbocycles. The standard InChI is InChI=1S/C14H19FN2O2/c1-16-11-6-8-17(9-7-11)14(18)10-19-13-5-3-2-4-12(13)15/h2-5,11,16H,6-10H2,1H3. The van der Waals surface area contributed by atoms with E-state index in [9.17, 15) is 9.18 Å². The summed E-state index contributed by atoms with van der Waals surface area (Å²) in [5.74, 6) is -0.400. The number of hydrogen-bond donors (Lipinski definition) is 1. The number of para-hydroxylation sites is 1. The molecule has 1 heterocycles. The third kappa shape index (κ3) is 3.67. The fraction of sp³-hybridized carbons (Fsp3) is 0.500. The Morgan fingerprint density at radius 1 is 1.42 bits per heavy atom. The number of ether oxygens (including phenoxy) is 1. The van der Waals surface area contributed by atoms with E-state index < -0.39 is 5.82 Å². The summed E-state index contributed by atoms with van der Waals surface area (Å²) in [6.45, 7) is 1.35. The molecule has 0 atom stereocenters. The van der Waals surface area contributed by atoms with Gasteiger partial charge in [0.05, 0.1) is 0 Å². The van der Waals surface area contributed by atoms with Gasteiger partial charge in [0.25, 0.3) is 5.91 Å². The lowest BCUT2D eigenvalue weighted by molar-refractivity contribution is -0.134. The molecule has 1 N–H and O–H groups in total. The lowest BCUT2D eigenvalue weighted by Crippen LogP contribution is -2.45. The molecule has 1 aromatic rings. The van der Waals surface area contributed by atoms with Crippen LogP contribution >= 0.6 is 0 Å². The summed E-state index contributed by atoms with van der Waals surface area (Å²) in [7, 11) is 1.93. The van der Waals surface area contributed by atoms with Gasteiger partial charge >= 0.3 is 0 Å². The molecule has 1 amide bonds. The van der Waals surface area contributed by atoms with Crippen LogP contribution in [0.1, 0.15) is 12.8 Å². The van der Waals surface area contributed by atoms with E-state index in [1.165, 1.54) is 12.1 Å². The van der Waals surface area contributed by atoms with Gasteiger partial charge in [0, 0.05) is 19.1 Å². The van der Waals surface area contributed by atoms with Gasteiger partial charge in [-0.05, 0) is 32.0 Å². The van der Waals surface area contributed by atoms with Crippen molar-refractivity contribution >= 4 is 5.91 Å². The third-order valence-electron chi connectivity index (χ3n) is 3.44. The van der Waals surface area contributed by atoms with E-state index in [0.717, 1.165) is 25.9 Å². The molecule has 1 aliphatic heterocycles. The van der Waals surface area contributed by atoms with Crippen molar-refractivity contribution in [1.29, 1.82) is 0 Å². The summed E-state index contributed by atoms with van der Waals surface area (Å²) < 4.78 is 18.5. The molecule has 1 aromatic carbocycles. The maximum Gasteiger partial charge on any atom is 0.260 e. The smallest absolute Gasteiger partial charge is 0.260 e. The first kappa shape index (κ1) is 13.8. The molecule has 0 radical (unpaired) electrons. The van der Waals surface area contributed by atoms with Crippen molar-refractivity contribution in [1.82, 2.24) is 10.2 Å². The van der Waals surface area contributed by atoms with E-state index in [1.54, 1.807) is 17.0 Å². The van der Waals surface area contributed by atoms with Crippen LogP contribution < -0.4 is 10.1 Å². The second-order valence-corrected chi connectivity index (χ2v) is 4.66. The van der Waals surface area contributed by atoms with Gasteiger partial charge in [0.15, 0.2) is 18.2 Å². The number of halogens is 1. The largest absolute Gasteiger partial charge is 0.481 e. The molecule has 1 fully saturated rings. The van der Waals surface area contributed by atoms with Crippen molar-refractivity contribution < 1.29 is 13.9 Å². The van der Waals surface area contributed by atoms with E-state index in [1.807, 2.05) is 7.05 Å². The molecule has 1 saturated heterocycles. The zero-order chi connectivity index (χ0) is 13.7. The van der Waals surface area contributed by atoms with Crippen LogP contribution in [-0.4, -0.2) is 43.6 Å². The summed E-state index contributed by atoms with van der Waals surface area (Å²) in [4.78, 5) is 13.7. The van der Waals surface area contributed by atoms with Crippen LogP contribution in [0.15, 0.2) is 24.3 Å². The number of piperidine rings is 1. The molecule has 19 heavy (non-hydrogen) atoms. The topological polar surface area (TPSA) is 41.6 Å². The second-order valence-electron chi connectivity index (χ2n) is 4.66. The fourth-order valence-corrected chi connectivity index (χ4v) is 2.21. The number of nitrogens with one attached hydrogen (secondary N) is 1. The number of likely N-dealkylation sites (tertiary alicyclic amines) is 1. The van der Waals surface area contributed by atoms with Crippen LogP contribution in [0.3, 0.4) is 0 Å². The number of nitrogens with zero attached hydrogens (tertiary/aromatic N) is 1. The van der Waals surface area contributed by atoms with Gasteiger partial charge in [-0.25, -0.2) is 4.39 Å². The summed E-state index contributed by atoms with van der Waals surface area (Å²) in [5.41, 5.74) is 0. The lowest BCUT2D eigenvalue weighted by atomic mass is 10.1. The average molecular weight is 266 g/mol. The number of rotatable bonds is 4. The van der Waals surface area contributed by atoms with Crippen molar-refractivity contribution in [3.63, 3.8) is 0 Å². The van der Waals surface area contributed by atoms with E-state index in [4.69, 9.17) is 4.74 Å². The zero-order valence-electron chi connectivity index (χ0n) is 11.1. The number of benzene rings is 1. The average Bonchev–Trinajstić information content (AvgIpc) is 2.46. The van der Waals surface area contributed by atoms with Crippen LogP contribution in [0.2, 0.25) is 0 Å². The Balaban J connectivity index is 1.81. The minimum atomic E-state index is -0.441. The molecule has 1 aliphatic rings. The number of hydrogen-bond acceptors (Lipinski definition) is 3. The zero-order valence-corrected chi connectivity index (χ0v) is 11.1. The SMILES string of the molecule is CNC1CCN(C(=O)COc2ccccc2F)CC1. The highest BCUT2D eigenvalue weighted by atomic mass is 19.1. The monoisotopic (exact) mass is 266 g/mol. The van der Waals surface area contributed by atoms with Crippen molar-refractivity contribution in [2.24, 2.45) is 0 Å². The number of carbonyl (C=O) groups excluding carboxylic acids is 1. The molecule has 0 bridgehead atoms. The Morgan fingerprint density at radius 2 is 2.11 bits per heavy atom. The second kappa shape index (κ2) is 6.52. The summed E-state index contributed by atoms with van der Waals surface area (Å²) in [5, 5.41) is 3.21. The molecule has 0 unspecified atom stereocenters. The Bertz CT molecular complexity index is 431. The summed E-state index contributed by atoms with van der Waals surface area (Å²) >= 11 is 0. The molecule has 2 rings (SSSR count). The normalized spacial score (nSPS) is 16.4. The Kier molecular flexibility index (Phi) is 4.74. The highest BCUT2D eigenvalue weighted by Crippen LogP contribution is 2.16. The first-order valence-corrected chi connectivity index (χ1v) is 6.53. The molecule has 4 nitrogen and oxygen atoms in total. The summed E-state index contributed by atoms with van der Waals surface area (Å²) in [6.07, 6.45) is 1.89. The Hall–Kier alpha value is -1.62. The van der Waals surface area contributed by atoms with E-state index in [2.05, 4.69) is 5.32 Å². The van der Waals surface area contributed by atoms with Gasteiger partial charge in [-0.15, -0.1) is 0 Å². The number of carbonyl (C=O) groups is 1. The van der Waals surface area contributed by atoms with Gasteiger partial charge in [-0.2, -0.15) is 0 Å². The molecule has 0 spiro atoms. The van der Waals surface area contributed by atoms with Gasteiger partial charge in [0.2, 0.25) is 0 Å².